The van der Waals surface area contributed by atoms with Gasteiger partial charge in [-0.3, -0.25) is 0 Å². The van der Waals surface area contributed by atoms with Crippen LogP contribution in [0.1, 0.15) is 38.9 Å². The fraction of sp³-hybridized carbons (Fsp3) is 0.714. The zero-order valence-electron chi connectivity index (χ0n) is 11.9. The van der Waals surface area contributed by atoms with Crippen LogP contribution < -0.4 is 10.2 Å². The summed E-state index contributed by atoms with van der Waals surface area (Å²) in [4.78, 5) is 11.3. The van der Waals surface area contributed by atoms with E-state index in [-0.39, 0.29) is 6.10 Å². The highest BCUT2D eigenvalue weighted by Crippen LogP contribution is 2.20. The van der Waals surface area contributed by atoms with Crippen LogP contribution in [0.3, 0.4) is 0 Å². The van der Waals surface area contributed by atoms with Gasteiger partial charge in [0, 0.05) is 32.1 Å². The number of nitrogens with one attached hydrogen (secondary N) is 1. The number of rotatable bonds is 5. The first kappa shape index (κ1) is 14.1. The summed E-state index contributed by atoms with van der Waals surface area (Å²) in [6.07, 6.45) is 3.41. The van der Waals surface area contributed by atoms with Gasteiger partial charge in [-0.25, -0.2) is 9.97 Å². The summed E-state index contributed by atoms with van der Waals surface area (Å²) in [5.74, 6) is 2.77. The van der Waals surface area contributed by atoms with Crippen molar-refractivity contribution in [3.05, 3.63) is 11.9 Å². The molecule has 0 radical (unpaired) electrons. The van der Waals surface area contributed by atoms with E-state index >= 15 is 0 Å². The SMILES string of the molecule is CCCNc1cc(N2CCC(O)CC2)nc(CC)n1. The lowest BCUT2D eigenvalue weighted by Gasteiger charge is -2.30. The molecule has 0 aromatic carbocycles. The predicted molar refractivity (Wildman–Crippen MR) is 77.6 cm³/mol. The van der Waals surface area contributed by atoms with E-state index in [0.29, 0.717) is 0 Å². The Morgan fingerprint density at radius 2 is 2.05 bits per heavy atom. The minimum absolute atomic E-state index is 0.151. The standard InChI is InChI=1S/C14H24N4O/c1-3-7-15-13-10-14(17-12(4-2)16-13)18-8-5-11(19)6-9-18/h10-11,19H,3-9H2,1-2H3,(H,15,16,17). The number of aromatic nitrogens is 2. The molecule has 0 amide bonds. The molecule has 2 N–H and O–H groups in total. The summed E-state index contributed by atoms with van der Waals surface area (Å²) >= 11 is 0. The average Bonchev–Trinajstić information content (AvgIpc) is 2.45. The second-order valence-electron chi connectivity index (χ2n) is 5.03. The Hall–Kier alpha value is -1.36. The first-order valence-electron chi connectivity index (χ1n) is 7.27. The molecule has 2 heterocycles. The number of nitrogens with zero attached hydrogens (tertiary/aromatic N) is 3. The molecule has 5 nitrogen and oxygen atoms in total. The molecule has 0 unspecified atom stereocenters. The summed E-state index contributed by atoms with van der Waals surface area (Å²) in [5, 5.41) is 12.9. The van der Waals surface area contributed by atoms with Gasteiger partial charge in [0.05, 0.1) is 6.10 Å². The smallest absolute Gasteiger partial charge is 0.134 e. The number of aliphatic hydroxyl groups is 1. The fourth-order valence-electron chi connectivity index (χ4n) is 2.24. The van der Waals surface area contributed by atoms with Crippen molar-refractivity contribution in [3.8, 4) is 0 Å². The van der Waals surface area contributed by atoms with E-state index in [2.05, 4.69) is 34.0 Å². The number of hydrogen-bond acceptors (Lipinski definition) is 5. The molecule has 1 aliphatic heterocycles. The second kappa shape index (κ2) is 6.70. The predicted octanol–water partition coefficient (Wildman–Crippen LogP) is 1.82. The molecule has 106 valence electrons. The van der Waals surface area contributed by atoms with Crippen LogP contribution in [0.5, 0.6) is 0 Å². The molecule has 0 bridgehead atoms. The largest absolute Gasteiger partial charge is 0.393 e. The van der Waals surface area contributed by atoms with Gasteiger partial charge in [0.25, 0.3) is 0 Å². The number of anilines is 2. The Kier molecular flexibility index (Phi) is 4.96. The van der Waals surface area contributed by atoms with Crippen LogP contribution in [0.4, 0.5) is 11.6 Å². The van der Waals surface area contributed by atoms with Crippen LogP contribution in [-0.2, 0) is 6.42 Å². The van der Waals surface area contributed by atoms with E-state index in [1.807, 2.05) is 6.07 Å². The number of aryl methyl sites for hydroxylation is 1. The lowest BCUT2D eigenvalue weighted by atomic mass is 10.1. The maximum atomic E-state index is 9.57. The number of hydrogen-bond donors (Lipinski definition) is 2. The third-order valence-electron chi connectivity index (χ3n) is 3.42. The first-order chi connectivity index (χ1) is 9.22. The van der Waals surface area contributed by atoms with E-state index in [9.17, 15) is 5.11 Å². The van der Waals surface area contributed by atoms with Crippen molar-refractivity contribution in [2.75, 3.05) is 29.9 Å². The quantitative estimate of drug-likeness (QED) is 0.849. The van der Waals surface area contributed by atoms with Crippen molar-refractivity contribution >= 4 is 11.6 Å². The lowest BCUT2D eigenvalue weighted by molar-refractivity contribution is 0.145. The topological polar surface area (TPSA) is 61.3 Å². The molecular formula is C14H24N4O. The van der Waals surface area contributed by atoms with Gasteiger partial charge in [0.15, 0.2) is 0 Å². The van der Waals surface area contributed by atoms with E-state index in [0.717, 1.165) is 62.8 Å². The molecule has 0 atom stereocenters. The van der Waals surface area contributed by atoms with Crippen molar-refractivity contribution in [1.82, 2.24) is 9.97 Å². The summed E-state index contributed by atoms with van der Waals surface area (Å²) in [6, 6.07) is 2.02. The molecule has 1 saturated heterocycles. The number of piperidine rings is 1. The van der Waals surface area contributed by atoms with Crippen molar-refractivity contribution < 1.29 is 5.11 Å². The molecule has 5 heteroatoms. The third-order valence-corrected chi connectivity index (χ3v) is 3.42. The maximum absolute atomic E-state index is 9.57. The fourth-order valence-corrected chi connectivity index (χ4v) is 2.24. The molecule has 0 saturated carbocycles. The molecule has 0 spiro atoms. The second-order valence-corrected chi connectivity index (χ2v) is 5.03. The molecule has 1 fully saturated rings. The first-order valence-corrected chi connectivity index (χ1v) is 7.27. The average molecular weight is 264 g/mol. The van der Waals surface area contributed by atoms with Crippen molar-refractivity contribution in [3.63, 3.8) is 0 Å². The van der Waals surface area contributed by atoms with Crippen LogP contribution in [0.15, 0.2) is 6.07 Å². The van der Waals surface area contributed by atoms with Gasteiger partial charge in [-0.05, 0) is 19.3 Å². The number of aliphatic hydroxyl groups excluding tert-OH is 1. The van der Waals surface area contributed by atoms with E-state index in [1.165, 1.54) is 0 Å². The lowest BCUT2D eigenvalue weighted by Crippen LogP contribution is -2.36. The van der Waals surface area contributed by atoms with Crippen molar-refractivity contribution in [2.45, 2.75) is 45.6 Å². The minimum atomic E-state index is -0.151. The molecule has 1 aliphatic rings. The van der Waals surface area contributed by atoms with Crippen LogP contribution in [0.2, 0.25) is 0 Å². The Balaban J connectivity index is 2.14. The van der Waals surface area contributed by atoms with Crippen molar-refractivity contribution in [1.29, 1.82) is 0 Å². The van der Waals surface area contributed by atoms with Gasteiger partial charge in [-0.2, -0.15) is 0 Å². The summed E-state index contributed by atoms with van der Waals surface area (Å²) in [6.45, 7) is 6.88. The van der Waals surface area contributed by atoms with Crippen LogP contribution >= 0.6 is 0 Å². The monoisotopic (exact) mass is 264 g/mol. The molecular weight excluding hydrogens is 240 g/mol. The highest BCUT2D eigenvalue weighted by Gasteiger charge is 2.19. The van der Waals surface area contributed by atoms with Crippen LogP contribution in [0.25, 0.3) is 0 Å². The van der Waals surface area contributed by atoms with Gasteiger partial charge in [-0.15, -0.1) is 0 Å². The molecule has 1 aromatic heterocycles. The van der Waals surface area contributed by atoms with Gasteiger partial charge < -0.3 is 15.3 Å². The molecule has 19 heavy (non-hydrogen) atoms. The Morgan fingerprint density at radius 3 is 2.68 bits per heavy atom. The van der Waals surface area contributed by atoms with Gasteiger partial charge >= 0.3 is 0 Å². The summed E-state index contributed by atoms with van der Waals surface area (Å²) in [5.41, 5.74) is 0. The molecule has 1 aromatic rings. The Morgan fingerprint density at radius 1 is 1.32 bits per heavy atom. The van der Waals surface area contributed by atoms with Gasteiger partial charge in [-0.1, -0.05) is 13.8 Å². The summed E-state index contributed by atoms with van der Waals surface area (Å²) < 4.78 is 0. The summed E-state index contributed by atoms with van der Waals surface area (Å²) in [7, 11) is 0. The van der Waals surface area contributed by atoms with Gasteiger partial charge in [0.1, 0.15) is 17.5 Å². The van der Waals surface area contributed by atoms with E-state index in [4.69, 9.17) is 0 Å². The van der Waals surface area contributed by atoms with E-state index in [1.54, 1.807) is 0 Å². The van der Waals surface area contributed by atoms with Crippen LogP contribution in [-0.4, -0.2) is 40.8 Å². The zero-order chi connectivity index (χ0) is 13.7. The Bertz CT molecular complexity index is 402. The maximum Gasteiger partial charge on any atom is 0.134 e. The highest BCUT2D eigenvalue weighted by atomic mass is 16.3. The van der Waals surface area contributed by atoms with Crippen LogP contribution in [0, 0.1) is 0 Å². The normalized spacial score (nSPS) is 16.7. The van der Waals surface area contributed by atoms with Gasteiger partial charge in [0.2, 0.25) is 0 Å². The van der Waals surface area contributed by atoms with Crippen molar-refractivity contribution in [2.24, 2.45) is 0 Å². The highest BCUT2D eigenvalue weighted by molar-refractivity contribution is 5.49. The minimum Gasteiger partial charge on any atom is -0.393 e. The third kappa shape index (κ3) is 3.80. The van der Waals surface area contributed by atoms with E-state index < -0.39 is 0 Å². The molecule has 0 aliphatic carbocycles. The zero-order valence-corrected chi connectivity index (χ0v) is 11.9. The molecule has 2 rings (SSSR count). The Labute approximate surface area is 115 Å².